The molecule has 1 aliphatic heterocycles. The Labute approximate surface area is 245 Å². The number of hydrogen-bond donors (Lipinski definition) is 4. The molecule has 9 heteroatoms. The van der Waals surface area contributed by atoms with Crippen LogP contribution >= 0.6 is 0 Å². The molecule has 42 heavy (non-hydrogen) atoms. The Hall–Kier alpha value is -4.08. The van der Waals surface area contributed by atoms with Crippen LogP contribution in [0.3, 0.4) is 0 Å². The van der Waals surface area contributed by atoms with E-state index in [1.807, 2.05) is 31.2 Å². The van der Waals surface area contributed by atoms with Crippen LogP contribution in [0.1, 0.15) is 49.8 Å². The highest BCUT2D eigenvalue weighted by Crippen LogP contribution is 2.34. The summed E-state index contributed by atoms with van der Waals surface area (Å²) in [6.07, 6.45) is 1.08. The molecular weight excluding hydrogens is 536 g/mol. The van der Waals surface area contributed by atoms with E-state index in [0.717, 1.165) is 47.5 Å². The molecule has 1 aliphatic rings. The fraction of sp³-hybridized carbons (Fsp3) is 0.394. The number of aryl methyl sites for hydroxylation is 1. The Balaban J connectivity index is 0.000000446. The summed E-state index contributed by atoms with van der Waals surface area (Å²) < 4.78 is 11.4. The Bertz CT molecular complexity index is 1500. The number of benzene rings is 3. The van der Waals surface area contributed by atoms with E-state index >= 15 is 0 Å². The SMILES string of the molecule is COc1ccc2cc([C@H]3CCN(C[C@H](O)COc4cccc5[nH]c(C)cc45)[C@H](C)C3)ccc2c1.O=C(O)CCC(=O)O. The zero-order valence-corrected chi connectivity index (χ0v) is 24.4. The van der Waals surface area contributed by atoms with Crippen molar-refractivity contribution >= 4 is 33.6 Å². The summed E-state index contributed by atoms with van der Waals surface area (Å²) in [5.41, 5.74) is 3.57. The molecule has 2 heterocycles. The van der Waals surface area contributed by atoms with Crippen molar-refractivity contribution in [2.75, 3.05) is 26.8 Å². The third-order valence-corrected chi connectivity index (χ3v) is 7.74. The third-order valence-electron chi connectivity index (χ3n) is 7.74. The maximum absolute atomic E-state index is 10.7. The van der Waals surface area contributed by atoms with Gasteiger partial charge in [-0.15, -0.1) is 0 Å². The molecule has 5 rings (SSSR count). The van der Waals surface area contributed by atoms with E-state index in [9.17, 15) is 14.7 Å². The molecule has 0 bridgehead atoms. The largest absolute Gasteiger partial charge is 0.497 e. The fourth-order valence-electron chi connectivity index (χ4n) is 5.53. The first-order chi connectivity index (χ1) is 20.1. The molecule has 0 unspecified atom stereocenters. The normalized spacial score (nSPS) is 17.8. The Kier molecular flexibility index (Phi) is 10.4. The number of hydrogen-bond acceptors (Lipinski definition) is 6. The van der Waals surface area contributed by atoms with Gasteiger partial charge in [0, 0.05) is 29.2 Å². The number of carboxylic acids is 2. The summed E-state index contributed by atoms with van der Waals surface area (Å²) in [6.45, 7) is 6.22. The van der Waals surface area contributed by atoms with Crippen LogP contribution in [0.4, 0.5) is 0 Å². The fourth-order valence-corrected chi connectivity index (χ4v) is 5.53. The summed E-state index contributed by atoms with van der Waals surface area (Å²) in [5, 5.41) is 30.0. The summed E-state index contributed by atoms with van der Waals surface area (Å²) in [5.74, 6) is 0.103. The first kappa shape index (κ1) is 30.9. The van der Waals surface area contributed by atoms with Gasteiger partial charge in [-0.2, -0.15) is 0 Å². The van der Waals surface area contributed by atoms with Gasteiger partial charge in [-0.1, -0.05) is 30.3 Å². The van der Waals surface area contributed by atoms with Gasteiger partial charge >= 0.3 is 11.9 Å². The van der Waals surface area contributed by atoms with Gasteiger partial charge in [0.05, 0.1) is 20.0 Å². The number of nitrogens with one attached hydrogen (secondary N) is 1. The van der Waals surface area contributed by atoms with E-state index < -0.39 is 18.0 Å². The van der Waals surface area contributed by atoms with Gasteiger partial charge in [-0.3, -0.25) is 14.5 Å². The Morgan fingerprint density at radius 2 is 1.74 bits per heavy atom. The van der Waals surface area contributed by atoms with Gasteiger partial charge in [0.15, 0.2) is 0 Å². The molecule has 0 aliphatic carbocycles. The van der Waals surface area contributed by atoms with E-state index in [-0.39, 0.29) is 12.8 Å². The van der Waals surface area contributed by atoms with Crippen LogP contribution in [0, 0.1) is 6.92 Å². The number of β-amino-alcohol motifs (C(OH)–C–C–N with tert-alkyl or cyclic N) is 1. The first-order valence-electron chi connectivity index (χ1n) is 14.3. The number of carboxylic acid groups (broad SMARTS) is 2. The van der Waals surface area contributed by atoms with Crippen molar-refractivity contribution in [3.8, 4) is 11.5 Å². The minimum absolute atomic E-state index is 0.296. The molecule has 3 aromatic carbocycles. The van der Waals surface area contributed by atoms with Crippen molar-refractivity contribution in [1.82, 2.24) is 9.88 Å². The Morgan fingerprint density at radius 1 is 1.02 bits per heavy atom. The number of aliphatic carboxylic acids is 2. The van der Waals surface area contributed by atoms with E-state index in [0.29, 0.717) is 25.1 Å². The van der Waals surface area contributed by atoms with Crippen molar-refractivity contribution in [2.24, 2.45) is 0 Å². The molecule has 4 aromatic rings. The molecule has 1 saturated heterocycles. The summed E-state index contributed by atoms with van der Waals surface area (Å²) in [4.78, 5) is 25.0. The molecule has 224 valence electrons. The number of aliphatic hydroxyl groups is 1. The maximum atomic E-state index is 10.7. The smallest absolute Gasteiger partial charge is 0.303 e. The number of H-pyrrole nitrogens is 1. The lowest BCUT2D eigenvalue weighted by Crippen LogP contribution is -2.45. The van der Waals surface area contributed by atoms with E-state index in [1.165, 1.54) is 16.3 Å². The number of aromatic nitrogens is 1. The van der Waals surface area contributed by atoms with Crippen LogP contribution in [0.2, 0.25) is 0 Å². The molecule has 1 aromatic heterocycles. The van der Waals surface area contributed by atoms with Gasteiger partial charge in [-0.25, -0.2) is 0 Å². The number of carbonyl (C=O) groups is 2. The minimum atomic E-state index is -1.08. The van der Waals surface area contributed by atoms with Crippen molar-refractivity contribution in [3.63, 3.8) is 0 Å². The monoisotopic (exact) mass is 576 g/mol. The van der Waals surface area contributed by atoms with Crippen LogP contribution in [0.5, 0.6) is 11.5 Å². The number of aliphatic hydroxyl groups excluding tert-OH is 1. The highest BCUT2D eigenvalue weighted by molar-refractivity contribution is 5.86. The third kappa shape index (κ3) is 8.24. The predicted octanol–water partition coefficient (Wildman–Crippen LogP) is 5.58. The average Bonchev–Trinajstić information content (AvgIpc) is 3.36. The molecule has 9 nitrogen and oxygen atoms in total. The second-order valence-corrected chi connectivity index (χ2v) is 11.0. The van der Waals surface area contributed by atoms with Crippen molar-refractivity contribution < 1.29 is 34.4 Å². The molecular formula is C33H40N2O7. The van der Waals surface area contributed by atoms with Crippen LogP contribution < -0.4 is 9.47 Å². The second kappa shape index (κ2) is 14.2. The molecule has 0 spiro atoms. The van der Waals surface area contributed by atoms with E-state index in [1.54, 1.807) is 7.11 Å². The van der Waals surface area contributed by atoms with Crippen molar-refractivity contribution in [1.29, 1.82) is 0 Å². The highest BCUT2D eigenvalue weighted by atomic mass is 16.5. The zero-order valence-electron chi connectivity index (χ0n) is 24.4. The minimum Gasteiger partial charge on any atom is -0.497 e. The van der Waals surface area contributed by atoms with Gasteiger partial charge in [0.2, 0.25) is 0 Å². The molecule has 0 saturated carbocycles. The van der Waals surface area contributed by atoms with Gasteiger partial charge in [0.1, 0.15) is 24.2 Å². The summed E-state index contributed by atoms with van der Waals surface area (Å²) in [6, 6.07) is 21.6. The topological polar surface area (TPSA) is 132 Å². The molecule has 1 fully saturated rings. The van der Waals surface area contributed by atoms with E-state index in [2.05, 4.69) is 53.2 Å². The molecule has 0 amide bonds. The lowest BCUT2D eigenvalue weighted by Gasteiger charge is -2.39. The number of methoxy groups -OCH3 is 1. The molecule has 0 radical (unpaired) electrons. The standard InChI is InChI=1S/C29H34N2O3.C4H6O4/c1-19-13-27-28(30-19)5-4-6-29(27)34-18-25(32)17-31-12-11-24(14-20(31)2)21-7-8-23-16-26(33-3)10-9-22(23)15-21;5-3(6)1-2-4(7)8/h4-10,13,15-16,20,24-25,30,32H,11-12,14,17-18H2,1-3H3;1-2H2,(H,5,6)(H,7,8)/t20-,24+,25+;/m1./s1. The number of nitrogens with zero attached hydrogens (tertiary/aromatic N) is 1. The Morgan fingerprint density at radius 3 is 2.43 bits per heavy atom. The number of piperidine rings is 1. The summed E-state index contributed by atoms with van der Waals surface area (Å²) in [7, 11) is 1.71. The van der Waals surface area contributed by atoms with Crippen molar-refractivity contribution in [2.45, 2.75) is 57.6 Å². The highest BCUT2D eigenvalue weighted by Gasteiger charge is 2.28. The lowest BCUT2D eigenvalue weighted by atomic mass is 9.85. The number of rotatable bonds is 10. The van der Waals surface area contributed by atoms with Crippen LogP contribution in [-0.4, -0.2) is 76.1 Å². The van der Waals surface area contributed by atoms with E-state index in [4.69, 9.17) is 19.7 Å². The maximum Gasteiger partial charge on any atom is 0.303 e. The lowest BCUT2D eigenvalue weighted by molar-refractivity contribution is -0.143. The summed E-state index contributed by atoms with van der Waals surface area (Å²) >= 11 is 0. The predicted molar refractivity (Wildman–Crippen MR) is 163 cm³/mol. The molecule has 3 atom stereocenters. The molecule has 4 N–H and O–H groups in total. The second-order valence-electron chi connectivity index (χ2n) is 11.0. The number of ether oxygens (including phenoxy) is 2. The van der Waals surface area contributed by atoms with Gasteiger partial charge < -0.3 is 29.8 Å². The first-order valence-corrected chi connectivity index (χ1v) is 14.3. The van der Waals surface area contributed by atoms with Crippen LogP contribution in [0.15, 0.2) is 60.7 Å². The number of fused-ring (bicyclic) bond motifs is 2. The van der Waals surface area contributed by atoms with Gasteiger partial charge in [-0.05, 0) is 85.8 Å². The number of aromatic amines is 1. The zero-order chi connectivity index (χ0) is 30.2. The quantitative estimate of drug-likeness (QED) is 0.192. The average molecular weight is 577 g/mol. The van der Waals surface area contributed by atoms with Crippen LogP contribution in [0.25, 0.3) is 21.7 Å². The van der Waals surface area contributed by atoms with Crippen LogP contribution in [-0.2, 0) is 9.59 Å². The van der Waals surface area contributed by atoms with Gasteiger partial charge in [0.25, 0.3) is 0 Å². The number of likely N-dealkylation sites (tertiary alicyclic amines) is 1. The van der Waals surface area contributed by atoms with Crippen molar-refractivity contribution in [3.05, 3.63) is 71.9 Å².